The standard InChI is InChI=1S/C13H22N4O2/c1-12(2)8-6-5-7-9(12)10-14-15-16-17(10)13(3,4)11(18)19/h9H,5-8H2,1-4H3,(H,18,19). The first-order valence-corrected chi connectivity index (χ1v) is 6.79. The van der Waals surface area contributed by atoms with Crippen molar-refractivity contribution in [3.63, 3.8) is 0 Å². The van der Waals surface area contributed by atoms with E-state index >= 15 is 0 Å². The van der Waals surface area contributed by atoms with E-state index in [4.69, 9.17) is 0 Å². The van der Waals surface area contributed by atoms with Crippen molar-refractivity contribution >= 4 is 5.97 Å². The van der Waals surface area contributed by atoms with Crippen LogP contribution in [0.3, 0.4) is 0 Å². The van der Waals surface area contributed by atoms with Crippen LogP contribution in [-0.4, -0.2) is 31.3 Å². The van der Waals surface area contributed by atoms with Crippen LogP contribution in [0.1, 0.15) is 65.1 Å². The molecule has 1 atom stereocenters. The van der Waals surface area contributed by atoms with Gasteiger partial charge in [-0.05, 0) is 42.5 Å². The Hall–Kier alpha value is -1.46. The van der Waals surface area contributed by atoms with E-state index in [9.17, 15) is 9.90 Å². The minimum absolute atomic E-state index is 0.110. The SMILES string of the molecule is CC1(C)CCCCC1c1nnnn1C(C)(C)C(=O)O. The molecule has 106 valence electrons. The van der Waals surface area contributed by atoms with Crippen LogP contribution < -0.4 is 0 Å². The van der Waals surface area contributed by atoms with Gasteiger partial charge < -0.3 is 5.11 Å². The summed E-state index contributed by atoms with van der Waals surface area (Å²) in [4.78, 5) is 11.4. The number of carboxylic acid groups (broad SMARTS) is 1. The normalized spacial score (nSPS) is 23.3. The molecule has 1 aromatic rings. The van der Waals surface area contributed by atoms with E-state index in [1.807, 2.05) is 0 Å². The van der Waals surface area contributed by atoms with Crippen LogP contribution in [0.5, 0.6) is 0 Å². The van der Waals surface area contributed by atoms with Gasteiger partial charge in [0, 0.05) is 5.92 Å². The van der Waals surface area contributed by atoms with Crippen molar-refractivity contribution in [1.29, 1.82) is 0 Å². The summed E-state index contributed by atoms with van der Waals surface area (Å²) >= 11 is 0. The van der Waals surface area contributed by atoms with Crippen molar-refractivity contribution in [2.75, 3.05) is 0 Å². The number of carbonyl (C=O) groups is 1. The van der Waals surface area contributed by atoms with Crippen LogP contribution in [0, 0.1) is 5.41 Å². The second-order valence-corrected chi connectivity index (χ2v) is 6.60. The molecule has 0 radical (unpaired) electrons. The first-order valence-electron chi connectivity index (χ1n) is 6.79. The van der Waals surface area contributed by atoms with E-state index in [0.29, 0.717) is 5.82 Å². The van der Waals surface area contributed by atoms with Gasteiger partial charge in [-0.25, -0.2) is 9.48 Å². The molecule has 1 aliphatic carbocycles. The Labute approximate surface area is 113 Å². The minimum Gasteiger partial charge on any atom is -0.479 e. The molecule has 1 heterocycles. The minimum atomic E-state index is -1.12. The van der Waals surface area contributed by atoms with E-state index in [-0.39, 0.29) is 11.3 Å². The Balaban J connectivity index is 2.42. The number of nitrogens with zero attached hydrogens (tertiary/aromatic N) is 4. The lowest BCUT2D eigenvalue weighted by Gasteiger charge is -2.38. The van der Waals surface area contributed by atoms with Gasteiger partial charge in [0.25, 0.3) is 0 Å². The van der Waals surface area contributed by atoms with Crippen molar-refractivity contribution in [2.45, 2.75) is 64.8 Å². The Morgan fingerprint density at radius 1 is 1.42 bits per heavy atom. The van der Waals surface area contributed by atoms with Gasteiger partial charge in [-0.2, -0.15) is 0 Å². The lowest BCUT2D eigenvalue weighted by Crippen LogP contribution is -2.40. The summed E-state index contributed by atoms with van der Waals surface area (Å²) in [6.07, 6.45) is 4.50. The molecule has 6 nitrogen and oxygen atoms in total. The van der Waals surface area contributed by atoms with Crippen LogP contribution in [0.2, 0.25) is 0 Å². The van der Waals surface area contributed by atoms with E-state index in [2.05, 4.69) is 29.4 Å². The van der Waals surface area contributed by atoms with Gasteiger partial charge in [-0.1, -0.05) is 26.7 Å². The van der Waals surface area contributed by atoms with Gasteiger partial charge >= 0.3 is 5.97 Å². The molecular formula is C13H22N4O2. The van der Waals surface area contributed by atoms with Crippen LogP contribution in [0.15, 0.2) is 0 Å². The summed E-state index contributed by atoms with van der Waals surface area (Å²) in [7, 11) is 0. The summed E-state index contributed by atoms with van der Waals surface area (Å²) in [6, 6.07) is 0. The maximum atomic E-state index is 11.4. The zero-order valence-corrected chi connectivity index (χ0v) is 12.1. The van der Waals surface area contributed by atoms with E-state index < -0.39 is 11.5 Å². The highest BCUT2D eigenvalue weighted by Gasteiger charge is 2.41. The highest BCUT2D eigenvalue weighted by molar-refractivity contribution is 5.75. The van der Waals surface area contributed by atoms with Crippen LogP contribution in [0.25, 0.3) is 0 Å². The first-order chi connectivity index (χ1) is 8.77. The van der Waals surface area contributed by atoms with Crippen molar-refractivity contribution in [3.8, 4) is 0 Å². The smallest absolute Gasteiger partial charge is 0.331 e. The molecule has 2 rings (SSSR count). The molecule has 0 aliphatic heterocycles. The van der Waals surface area contributed by atoms with Crippen LogP contribution in [0.4, 0.5) is 0 Å². The Bertz CT molecular complexity index is 479. The van der Waals surface area contributed by atoms with Crippen molar-refractivity contribution in [1.82, 2.24) is 20.2 Å². The molecule has 1 aromatic heterocycles. The molecule has 0 amide bonds. The Morgan fingerprint density at radius 3 is 2.68 bits per heavy atom. The maximum Gasteiger partial charge on any atom is 0.331 e. The number of aliphatic carboxylic acids is 1. The quantitative estimate of drug-likeness (QED) is 0.906. The van der Waals surface area contributed by atoms with Gasteiger partial charge in [-0.3, -0.25) is 0 Å². The molecule has 6 heteroatoms. The predicted molar refractivity (Wildman–Crippen MR) is 69.8 cm³/mol. The largest absolute Gasteiger partial charge is 0.479 e. The fourth-order valence-corrected chi connectivity index (χ4v) is 2.87. The fourth-order valence-electron chi connectivity index (χ4n) is 2.87. The van der Waals surface area contributed by atoms with Gasteiger partial charge in [0.05, 0.1) is 0 Å². The number of hydrogen-bond donors (Lipinski definition) is 1. The van der Waals surface area contributed by atoms with Gasteiger partial charge in [0.1, 0.15) is 0 Å². The van der Waals surface area contributed by atoms with E-state index in [1.54, 1.807) is 13.8 Å². The lowest BCUT2D eigenvalue weighted by atomic mass is 9.68. The maximum absolute atomic E-state index is 11.4. The van der Waals surface area contributed by atoms with Crippen molar-refractivity contribution in [2.24, 2.45) is 5.41 Å². The van der Waals surface area contributed by atoms with E-state index in [1.165, 1.54) is 11.1 Å². The highest BCUT2D eigenvalue weighted by Crippen LogP contribution is 2.46. The number of tetrazole rings is 1. The van der Waals surface area contributed by atoms with Crippen molar-refractivity contribution < 1.29 is 9.90 Å². The summed E-state index contributed by atoms with van der Waals surface area (Å²) in [5, 5.41) is 21.1. The number of aromatic nitrogens is 4. The average Bonchev–Trinajstić information content (AvgIpc) is 2.77. The number of rotatable bonds is 3. The third kappa shape index (κ3) is 2.35. The molecule has 1 aliphatic rings. The predicted octanol–water partition coefficient (Wildman–Crippen LogP) is 2.18. The molecule has 1 fully saturated rings. The van der Waals surface area contributed by atoms with Crippen molar-refractivity contribution in [3.05, 3.63) is 5.82 Å². The molecular weight excluding hydrogens is 244 g/mol. The average molecular weight is 266 g/mol. The zero-order chi connectivity index (χ0) is 14.3. The fraction of sp³-hybridized carbons (Fsp3) is 0.846. The first kappa shape index (κ1) is 14.0. The summed E-state index contributed by atoms with van der Waals surface area (Å²) < 4.78 is 1.48. The highest BCUT2D eigenvalue weighted by atomic mass is 16.4. The third-order valence-electron chi connectivity index (χ3n) is 4.37. The molecule has 1 unspecified atom stereocenters. The summed E-state index contributed by atoms with van der Waals surface area (Å²) in [6.45, 7) is 7.68. The van der Waals surface area contributed by atoms with E-state index in [0.717, 1.165) is 19.3 Å². The molecule has 1 N–H and O–H groups in total. The monoisotopic (exact) mass is 266 g/mol. The molecule has 0 spiro atoms. The summed E-state index contributed by atoms with van der Waals surface area (Å²) in [5.74, 6) is 0.00152. The topological polar surface area (TPSA) is 80.9 Å². The molecule has 0 aromatic carbocycles. The zero-order valence-electron chi connectivity index (χ0n) is 12.1. The van der Waals surface area contributed by atoms with Crippen LogP contribution >= 0.6 is 0 Å². The molecule has 1 saturated carbocycles. The molecule has 0 saturated heterocycles. The van der Waals surface area contributed by atoms with Gasteiger partial charge in [-0.15, -0.1) is 5.10 Å². The molecule has 0 bridgehead atoms. The van der Waals surface area contributed by atoms with Gasteiger partial charge in [0.15, 0.2) is 11.4 Å². The second-order valence-electron chi connectivity index (χ2n) is 6.60. The third-order valence-corrected chi connectivity index (χ3v) is 4.37. The summed E-state index contributed by atoms with van der Waals surface area (Å²) in [5.41, 5.74) is -1.01. The van der Waals surface area contributed by atoms with Gasteiger partial charge in [0.2, 0.25) is 0 Å². The number of carboxylic acids is 1. The lowest BCUT2D eigenvalue weighted by molar-refractivity contribution is -0.146. The Kier molecular flexibility index (Phi) is 3.36. The second kappa shape index (κ2) is 4.58. The molecule has 19 heavy (non-hydrogen) atoms. The van der Waals surface area contributed by atoms with Crippen LogP contribution in [-0.2, 0) is 10.3 Å². The number of hydrogen-bond acceptors (Lipinski definition) is 4. The Morgan fingerprint density at radius 2 is 2.11 bits per heavy atom.